The van der Waals surface area contributed by atoms with Crippen LogP contribution in [0.2, 0.25) is 0 Å². The molecular formula is C18H14BrN3S2. The summed E-state index contributed by atoms with van der Waals surface area (Å²) in [4.78, 5) is 10.7. The lowest BCUT2D eigenvalue weighted by Gasteiger charge is -2.05. The van der Waals surface area contributed by atoms with Gasteiger partial charge in [0.15, 0.2) is 0 Å². The van der Waals surface area contributed by atoms with Crippen LogP contribution >= 0.6 is 38.6 Å². The summed E-state index contributed by atoms with van der Waals surface area (Å²) < 4.78 is 3.24. The van der Waals surface area contributed by atoms with Gasteiger partial charge in [0.1, 0.15) is 10.8 Å². The molecule has 0 N–H and O–H groups in total. The van der Waals surface area contributed by atoms with E-state index >= 15 is 0 Å². The third kappa shape index (κ3) is 2.85. The molecule has 120 valence electrons. The van der Waals surface area contributed by atoms with Crippen molar-refractivity contribution in [3.05, 3.63) is 67.0 Å². The second-order valence-electron chi connectivity index (χ2n) is 5.50. The Bertz CT molecular complexity index is 1060. The SMILES string of the molecule is Cc1csc(/C(=C/c2cc(Br)cs2)c2nc3ccccc3n2C)n1. The van der Waals surface area contributed by atoms with Crippen molar-refractivity contribution < 1.29 is 0 Å². The molecule has 0 spiro atoms. The van der Waals surface area contributed by atoms with Crippen LogP contribution in [0.4, 0.5) is 0 Å². The summed E-state index contributed by atoms with van der Waals surface area (Å²) in [5, 5.41) is 5.16. The van der Waals surface area contributed by atoms with Gasteiger partial charge in [0, 0.05) is 32.9 Å². The minimum Gasteiger partial charge on any atom is -0.327 e. The lowest BCUT2D eigenvalue weighted by atomic mass is 10.2. The average Bonchev–Trinajstić information content (AvgIpc) is 3.26. The Labute approximate surface area is 156 Å². The van der Waals surface area contributed by atoms with Gasteiger partial charge in [-0.05, 0) is 47.1 Å². The molecule has 1 aromatic carbocycles. The number of imidazole rings is 1. The molecule has 3 aromatic heterocycles. The highest BCUT2D eigenvalue weighted by Crippen LogP contribution is 2.32. The zero-order valence-corrected chi connectivity index (χ0v) is 16.4. The molecule has 4 rings (SSSR count). The van der Waals surface area contributed by atoms with Gasteiger partial charge in [-0.3, -0.25) is 0 Å². The fourth-order valence-electron chi connectivity index (χ4n) is 2.63. The highest BCUT2D eigenvalue weighted by Gasteiger charge is 2.17. The van der Waals surface area contributed by atoms with Gasteiger partial charge in [0.2, 0.25) is 0 Å². The number of benzene rings is 1. The van der Waals surface area contributed by atoms with Crippen molar-refractivity contribution in [1.82, 2.24) is 14.5 Å². The van der Waals surface area contributed by atoms with Crippen molar-refractivity contribution in [2.45, 2.75) is 6.92 Å². The second kappa shape index (κ2) is 6.27. The van der Waals surface area contributed by atoms with Gasteiger partial charge in [-0.2, -0.15) is 0 Å². The van der Waals surface area contributed by atoms with Gasteiger partial charge in [-0.25, -0.2) is 9.97 Å². The number of hydrogen-bond donors (Lipinski definition) is 0. The maximum absolute atomic E-state index is 4.86. The molecule has 4 aromatic rings. The number of hydrogen-bond acceptors (Lipinski definition) is 4. The summed E-state index contributed by atoms with van der Waals surface area (Å²) in [6.07, 6.45) is 2.18. The Kier molecular flexibility index (Phi) is 4.12. The molecule has 3 nitrogen and oxygen atoms in total. The van der Waals surface area contributed by atoms with Crippen molar-refractivity contribution in [3.8, 4) is 0 Å². The van der Waals surface area contributed by atoms with Crippen LogP contribution in [0.25, 0.3) is 22.7 Å². The number of halogens is 1. The van der Waals surface area contributed by atoms with Crippen molar-refractivity contribution in [1.29, 1.82) is 0 Å². The molecule has 0 bridgehead atoms. The van der Waals surface area contributed by atoms with Gasteiger partial charge in [0.05, 0.1) is 16.6 Å². The largest absolute Gasteiger partial charge is 0.327 e. The number of thiazole rings is 1. The molecule has 0 aliphatic carbocycles. The molecule has 24 heavy (non-hydrogen) atoms. The van der Waals surface area contributed by atoms with Crippen LogP contribution in [0.5, 0.6) is 0 Å². The maximum atomic E-state index is 4.86. The van der Waals surface area contributed by atoms with E-state index in [1.165, 1.54) is 4.88 Å². The second-order valence-corrected chi connectivity index (χ2v) is 8.22. The standard InChI is InChI=1S/C18H14BrN3S2/c1-11-9-24-18(20-11)14(8-13-7-12(19)10-23-13)17-21-15-5-3-4-6-16(15)22(17)2/h3-10H,1-2H3/b14-8+. The summed E-state index contributed by atoms with van der Waals surface area (Å²) in [6.45, 7) is 2.02. The number of fused-ring (bicyclic) bond motifs is 1. The van der Waals surface area contributed by atoms with Crippen LogP contribution in [-0.2, 0) is 7.05 Å². The molecule has 3 heterocycles. The summed E-state index contributed by atoms with van der Waals surface area (Å²) in [5.74, 6) is 0.940. The van der Waals surface area contributed by atoms with E-state index in [1.807, 2.05) is 25.1 Å². The number of aryl methyl sites for hydroxylation is 2. The van der Waals surface area contributed by atoms with Gasteiger partial charge < -0.3 is 4.57 Å². The lowest BCUT2D eigenvalue weighted by molar-refractivity contribution is 0.922. The van der Waals surface area contributed by atoms with Gasteiger partial charge in [-0.15, -0.1) is 22.7 Å². The number of para-hydroxylation sites is 2. The van der Waals surface area contributed by atoms with Crippen LogP contribution in [0, 0.1) is 6.92 Å². The monoisotopic (exact) mass is 415 g/mol. The smallest absolute Gasteiger partial charge is 0.143 e. The lowest BCUT2D eigenvalue weighted by Crippen LogP contribution is -1.98. The van der Waals surface area contributed by atoms with Crippen LogP contribution in [0.15, 0.2) is 45.6 Å². The zero-order valence-electron chi connectivity index (χ0n) is 13.2. The molecule has 0 saturated heterocycles. The van der Waals surface area contributed by atoms with Crippen LogP contribution in [0.3, 0.4) is 0 Å². The summed E-state index contributed by atoms with van der Waals surface area (Å²) in [6, 6.07) is 10.3. The van der Waals surface area contributed by atoms with Crippen LogP contribution in [0.1, 0.15) is 21.4 Å². The van der Waals surface area contributed by atoms with Gasteiger partial charge in [0.25, 0.3) is 0 Å². The van der Waals surface area contributed by atoms with E-state index in [9.17, 15) is 0 Å². The number of aromatic nitrogens is 3. The quantitative estimate of drug-likeness (QED) is 0.426. The highest BCUT2D eigenvalue weighted by molar-refractivity contribution is 9.10. The Morgan fingerprint density at radius 1 is 1.17 bits per heavy atom. The van der Waals surface area contributed by atoms with E-state index in [4.69, 9.17) is 9.97 Å². The Balaban J connectivity index is 1.94. The minimum absolute atomic E-state index is 0.940. The van der Waals surface area contributed by atoms with E-state index in [0.29, 0.717) is 0 Å². The van der Waals surface area contributed by atoms with Crippen LogP contribution < -0.4 is 0 Å². The molecule has 0 aliphatic rings. The molecule has 0 amide bonds. The number of thiophene rings is 1. The topological polar surface area (TPSA) is 30.7 Å². The highest BCUT2D eigenvalue weighted by atomic mass is 79.9. The molecule has 0 unspecified atom stereocenters. The van der Waals surface area contributed by atoms with Crippen LogP contribution in [-0.4, -0.2) is 14.5 Å². The molecule has 0 fully saturated rings. The normalized spacial score (nSPS) is 12.2. The first-order valence-electron chi connectivity index (χ1n) is 7.42. The summed E-state index contributed by atoms with van der Waals surface area (Å²) in [7, 11) is 2.06. The predicted molar refractivity (Wildman–Crippen MR) is 107 cm³/mol. The first-order valence-corrected chi connectivity index (χ1v) is 9.97. The fraction of sp³-hybridized carbons (Fsp3) is 0.111. The minimum atomic E-state index is 0.940. The average molecular weight is 416 g/mol. The molecule has 0 saturated carbocycles. The van der Waals surface area contributed by atoms with Crippen molar-refractivity contribution in [2.24, 2.45) is 7.05 Å². The Morgan fingerprint density at radius 3 is 2.67 bits per heavy atom. The first kappa shape index (κ1) is 15.7. The first-order chi connectivity index (χ1) is 11.6. The Morgan fingerprint density at radius 2 is 2.00 bits per heavy atom. The third-order valence-corrected chi connectivity index (χ3v) is 6.39. The van der Waals surface area contributed by atoms with Crippen molar-refractivity contribution in [2.75, 3.05) is 0 Å². The molecule has 0 aliphatic heterocycles. The van der Waals surface area contributed by atoms with Gasteiger partial charge >= 0.3 is 0 Å². The van der Waals surface area contributed by atoms with E-state index < -0.39 is 0 Å². The van der Waals surface area contributed by atoms with E-state index in [-0.39, 0.29) is 0 Å². The predicted octanol–water partition coefficient (Wildman–Crippen LogP) is 5.75. The van der Waals surface area contributed by atoms with E-state index in [0.717, 1.165) is 37.6 Å². The van der Waals surface area contributed by atoms with E-state index in [2.05, 4.69) is 56.5 Å². The number of nitrogens with zero attached hydrogens (tertiary/aromatic N) is 3. The number of rotatable bonds is 3. The van der Waals surface area contributed by atoms with E-state index in [1.54, 1.807) is 22.7 Å². The molecular weight excluding hydrogens is 402 g/mol. The molecule has 0 atom stereocenters. The Hall–Kier alpha value is -1.76. The molecule has 6 heteroatoms. The zero-order chi connectivity index (χ0) is 16.7. The van der Waals surface area contributed by atoms with Crippen molar-refractivity contribution in [3.63, 3.8) is 0 Å². The maximum Gasteiger partial charge on any atom is 0.143 e. The van der Waals surface area contributed by atoms with Crippen molar-refractivity contribution >= 4 is 61.3 Å². The fourth-order valence-corrected chi connectivity index (χ4v) is 4.82. The summed E-state index contributed by atoms with van der Waals surface area (Å²) in [5.41, 5.74) is 4.22. The van der Waals surface area contributed by atoms with Gasteiger partial charge in [-0.1, -0.05) is 12.1 Å². The summed E-state index contributed by atoms with van der Waals surface area (Å²) >= 11 is 6.89. The third-order valence-electron chi connectivity index (χ3n) is 3.75. The molecule has 0 radical (unpaired) electrons.